The molecule has 0 radical (unpaired) electrons. The summed E-state index contributed by atoms with van der Waals surface area (Å²) < 4.78 is 14.5. The van der Waals surface area contributed by atoms with Gasteiger partial charge in [0.2, 0.25) is 0 Å². The number of rotatable bonds is 3. The van der Waals surface area contributed by atoms with E-state index in [4.69, 9.17) is 0 Å². The first-order valence-electron chi connectivity index (χ1n) is 9.77. The first-order chi connectivity index (χ1) is 13.9. The summed E-state index contributed by atoms with van der Waals surface area (Å²) >= 11 is 0. The fourth-order valence-corrected chi connectivity index (χ4v) is 3.85. The number of para-hydroxylation sites is 1. The van der Waals surface area contributed by atoms with Crippen molar-refractivity contribution in [3.63, 3.8) is 0 Å². The predicted octanol–water partition coefficient (Wildman–Crippen LogP) is 2.97. The highest BCUT2D eigenvalue weighted by atomic mass is 19.1. The molecule has 2 aromatic carbocycles. The number of imide groups is 1. The van der Waals surface area contributed by atoms with Gasteiger partial charge in [-0.2, -0.15) is 0 Å². The fourth-order valence-electron chi connectivity index (χ4n) is 3.85. The van der Waals surface area contributed by atoms with Crippen LogP contribution in [-0.2, 0) is 9.59 Å². The Morgan fingerprint density at radius 1 is 0.862 bits per heavy atom. The van der Waals surface area contributed by atoms with Crippen LogP contribution < -0.4 is 4.90 Å². The first kappa shape index (κ1) is 19.3. The third kappa shape index (κ3) is 3.34. The number of carbonyl (C=O) groups is 2. The number of aryl methyl sites for hydroxylation is 2. The van der Waals surface area contributed by atoms with Gasteiger partial charge in [-0.3, -0.25) is 9.59 Å². The average Bonchev–Trinajstić information content (AvgIpc) is 2.96. The monoisotopic (exact) mass is 393 g/mol. The molecule has 2 aliphatic rings. The van der Waals surface area contributed by atoms with Crippen molar-refractivity contribution in [2.75, 3.05) is 38.1 Å². The summed E-state index contributed by atoms with van der Waals surface area (Å²) in [5.41, 5.74) is 3.56. The van der Waals surface area contributed by atoms with Gasteiger partial charge in [-0.25, -0.2) is 9.29 Å². The number of hydrogen-bond donors (Lipinski definition) is 0. The van der Waals surface area contributed by atoms with E-state index in [0.717, 1.165) is 29.1 Å². The number of likely N-dealkylation sites (N-methyl/N-ethyl adjacent to an activating group) is 1. The van der Waals surface area contributed by atoms with E-state index in [1.54, 1.807) is 12.1 Å². The number of halogens is 1. The summed E-state index contributed by atoms with van der Waals surface area (Å²) in [6.07, 6.45) is 0. The van der Waals surface area contributed by atoms with Gasteiger partial charge in [0.1, 0.15) is 11.5 Å². The molecular weight excluding hydrogens is 369 g/mol. The van der Waals surface area contributed by atoms with Crippen LogP contribution in [0.4, 0.5) is 10.1 Å². The SMILES string of the molecule is Cc1ccc(C2=C(N3CCN(C)CC3)C(=O)N(c3ccccc3F)C2=O)cc1C. The quantitative estimate of drug-likeness (QED) is 0.752. The molecule has 2 heterocycles. The van der Waals surface area contributed by atoms with Gasteiger partial charge >= 0.3 is 0 Å². The van der Waals surface area contributed by atoms with Gasteiger partial charge in [-0.05, 0) is 49.7 Å². The molecule has 2 aromatic rings. The third-order valence-corrected chi connectivity index (χ3v) is 5.77. The topological polar surface area (TPSA) is 43.9 Å². The van der Waals surface area contributed by atoms with Crippen molar-refractivity contribution in [3.8, 4) is 0 Å². The van der Waals surface area contributed by atoms with E-state index in [0.29, 0.717) is 29.9 Å². The Labute approximate surface area is 170 Å². The molecule has 29 heavy (non-hydrogen) atoms. The Hall–Kier alpha value is -2.99. The summed E-state index contributed by atoms with van der Waals surface area (Å²) in [6, 6.07) is 11.6. The highest BCUT2D eigenvalue weighted by Gasteiger charge is 2.43. The maximum absolute atomic E-state index is 14.5. The van der Waals surface area contributed by atoms with Crippen LogP contribution in [0.15, 0.2) is 48.2 Å². The lowest BCUT2D eigenvalue weighted by Crippen LogP contribution is -2.46. The molecule has 0 bridgehead atoms. The minimum Gasteiger partial charge on any atom is -0.364 e. The fraction of sp³-hybridized carbons (Fsp3) is 0.304. The van der Waals surface area contributed by atoms with E-state index in [2.05, 4.69) is 4.90 Å². The molecule has 2 aliphatic heterocycles. The van der Waals surface area contributed by atoms with Crippen LogP contribution in [-0.4, -0.2) is 54.8 Å². The molecule has 0 N–H and O–H groups in total. The van der Waals surface area contributed by atoms with Gasteiger partial charge in [-0.15, -0.1) is 0 Å². The molecule has 0 atom stereocenters. The highest BCUT2D eigenvalue weighted by Crippen LogP contribution is 2.36. The summed E-state index contributed by atoms with van der Waals surface area (Å²) in [4.78, 5) is 32.0. The molecule has 0 aliphatic carbocycles. The van der Waals surface area contributed by atoms with E-state index in [9.17, 15) is 14.0 Å². The second-order valence-corrected chi connectivity index (χ2v) is 7.71. The molecule has 1 fully saturated rings. The van der Waals surface area contributed by atoms with Crippen molar-refractivity contribution < 1.29 is 14.0 Å². The normalized spacial score (nSPS) is 18.2. The second kappa shape index (κ2) is 7.44. The number of piperazine rings is 1. The van der Waals surface area contributed by atoms with Crippen LogP contribution in [0.5, 0.6) is 0 Å². The van der Waals surface area contributed by atoms with E-state index >= 15 is 0 Å². The van der Waals surface area contributed by atoms with Gasteiger partial charge in [0.05, 0.1) is 11.3 Å². The minimum absolute atomic E-state index is 0.00652. The summed E-state index contributed by atoms with van der Waals surface area (Å²) in [5.74, 6) is -1.52. The lowest BCUT2D eigenvalue weighted by Gasteiger charge is -2.34. The molecule has 1 saturated heterocycles. The van der Waals surface area contributed by atoms with E-state index in [-0.39, 0.29) is 5.69 Å². The Kier molecular flexibility index (Phi) is 4.96. The number of benzene rings is 2. The summed E-state index contributed by atoms with van der Waals surface area (Å²) in [6.45, 7) is 6.86. The molecule has 0 spiro atoms. The molecule has 5 nitrogen and oxygen atoms in total. The standard InChI is InChI=1S/C23H24FN3O2/c1-15-8-9-17(14-16(15)2)20-21(26-12-10-25(3)11-13-26)23(29)27(22(20)28)19-7-5-4-6-18(19)24/h4-9,14H,10-13H2,1-3H3. The van der Waals surface area contributed by atoms with Crippen LogP contribution >= 0.6 is 0 Å². The molecule has 6 heteroatoms. The van der Waals surface area contributed by atoms with E-state index in [1.807, 2.05) is 44.0 Å². The number of hydrogen-bond acceptors (Lipinski definition) is 4. The molecule has 0 saturated carbocycles. The van der Waals surface area contributed by atoms with Crippen LogP contribution in [0.25, 0.3) is 5.57 Å². The van der Waals surface area contributed by atoms with Crippen LogP contribution in [0.1, 0.15) is 16.7 Å². The third-order valence-electron chi connectivity index (χ3n) is 5.77. The largest absolute Gasteiger partial charge is 0.364 e. The Balaban J connectivity index is 1.85. The lowest BCUT2D eigenvalue weighted by molar-refractivity contribution is -0.120. The average molecular weight is 393 g/mol. The van der Waals surface area contributed by atoms with Crippen molar-refractivity contribution in [3.05, 3.63) is 70.7 Å². The van der Waals surface area contributed by atoms with Gasteiger partial charge in [0.25, 0.3) is 11.8 Å². The van der Waals surface area contributed by atoms with Crippen molar-refractivity contribution in [1.29, 1.82) is 0 Å². The smallest absolute Gasteiger partial charge is 0.282 e. The van der Waals surface area contributed by atoms with E-state index < -0.39 is 17.6 Å². The number of amides is 2. The van der Waals surface area contributed by atoms with Crippen molar-refractivity contribution in [2.24, 2.45) is 0 Å². The Morgan fingerprint density at radius 3 is 2.21 bits per heavy atom. The molecule has 2 amide bonds. The highest BCUT2D eigenvalue weighted by molar-refractivity contribution is 6.45. The van der Waals surface area contributed by atoms with Gasteiger partial charge in [0.15, 0.2) is 0 Å². The molecule has 150 valence electrons. The molecular formula is C23H24FN3O2. The lowest BCUT2D eigenvalue weighted by atomic mass is 9.99. The minimum atomic E-state index is -0.590. The zero-order chi connectivity index (χ0) is 20.7. The van der Waals surface area contributed by atoms with E-state index in [1.165, 1.54) is 12.1 Å². The molecule has 0 unspecified atom stereocenters. The predicted molar refractivity (Wildman–Crippen MR) is 111 cm³/mol. The van der Waals surface area contributed by atoms with Crippen LogP contribution in [0.2, 0.25) is 0 Å². The number of anilines is 1. The maximum atomic E-state index is 14.5. The molecule has 4 rings (SSSR count). The van der Waals surface area contributed by atoms with Gasteiger partial charge in [-0.1, -0.05) is 30.3 Å². The summed E-state index contributed by atoms with van der Waals surface area (Å²) in [5, 5.41) is 0. The van der Waals surface area contributed by atoms with Crippen molar-refractivity contribution >= 4 is 23.1 Å². The zero-order valence-electron chi connectivity index (χ0n) is 16.9. The van der Waals surface area contributed by atoms with Crippen LogP contribution in [0, 0.1) is 19.7 Å². The number of nitrogens with zero attached hydrogens (tertiary/aromatic N) is 3. The Bertz CT molecular complexity index is 1020. The van der Waals surface area contributed by atoms with Gasteiger partial charge < -0.3 is 9.80 Å². The van der Waals surface area contributed by atoms with Crippen molar-refractivity contribution in [1.82, 2.24) is 9.80 Å². The van der Waals surface area contributed by atoms with Gasteiger partial charge in [0, 0.05) is 26.2 Å². The Morgan fingerprint density at radius 2 is 1.55 bits per heavy atom. The van der Waals surface area contributed by atoms with Crippen LogP contribution in [0.3, 0.4) is 0 Å². The number of carbonyl (C=O) groups excluding carboxylic acids is 2. The maximum Gasteiger partial charge on any atom is 0.282 e. The second-order valence-electron chi connectivity index (χ2n) is 7.71. The van der Waals surface area contributed by atoms with Crippen molar-refractivity contribution in [2.45, 2.75) is 13.8 Å². The first-order valence-corrected chi connectivity index (χ1v) is 9.77. The molecule has 0 aromatic heterocycles. The summed E-state index contributed by atoms with van der Waals surface area (Å²) in [7, 11) is 2.03. The zero-order valence-corrected chi connectivity index (χ0v) is 16.9.